The maximum atomic E-state index is 15.3. The molecule has 49 heavy (non-hydrogen) atoms. The maximum absolute atomic E-state index is 15.3. The highest BCUT2D eigenvalue weighted by Gasteiger charge is 2.72. The van der Waals surface area contributed by atoms with Crippen molar-refractivity contribution in [2.75, 3.05) is 6.54 Å². The van der Waals surface area contributed by atoms with Crippen molar-refractivity contribution >= 4 is 5.91 Å². The molecule has 0 spiro atoms. The maximum Gasteiger partial charge on any atom is 0.229 e. The Labute approximate surface area is 293 Å². The van der Waals surface area contributed by atoms with E-state index in [0.717, 1.165) is 75.0 Å². The van der Waals surface area contributed by atoms with Crippen LogP contribution in [0, 0.1) is 62.5 Å². The van der Waals surface area contributed by atoms with Gasteiger partial charge >= 0.3 is 0 Å². The lowest BCUT2D eigenvalue weighted by atomic mass is 9.32. The van der Waals surface area contributed by atoms with Crippen LogP contribution in [0.5, 0.6) is 0 Å². The Balaban J connectivity index is 1.12. The molecule has 6 fully saturated rings. The van der Waals surface area contributed by atoms with E-state index in [2.05, 4.69) is 58.0 Å². The summed E-state index contributed by atoms with van der Waals surface area (Å²) < 4.78 is 13.6. The Hall–Kier alpha value is -2.47. The number of allylic oxidation sites excluding steroid dienone is 1. The molecule has 1 aliphatic heterocycles. The van der Waals surface area contributed by atoms with Crippen LogP contribution in [-0.2, 0) is 4.79 Å². The number of likely N-dealkylation sites (tertiary alicyclic amines) is 1. The molecule has 5 saturated carbocycles. The van der Waals surface area contributed by atoms with E-state index in [1.807, 2.05) is 6.20 Å². The van der Waals surface area contributed by atoms with Gasteiger partial charge in [0.1, 0.15) is 11.6 Å². The number of carbonyl (C=O) groups is 1. The third-order valence-electron chi connectivity index (χ3n) is 17.1. The Bertz CT molecular complexity index is 1630. The van der Waals surface area contributed by atoms with Crippen molar-refractivity contribution in [3.8, 4) is 11.3 Å². The van der Waals surface area contributed by atoms with Gasteiger partial charge in [-0.15, -0.1) is 0 Å². The highest BCUT2D eigenvalue weighted by atomic mass is 19.1. The second kappa shape index (κ2) is 11.3. The largest absolute Gasteiger partial charge is 0.393 e. The molecule has 8 rings (SSSR count). The SMILES string of the molecule is C=C(C)[C@@H]1CC[C@]2(C(=O)N3CCC[C@H]3c3ncc(-c4ccc(F)cc4)[nH]3)CC[C@]3(C)[C@H](CCC4[C@@]5(C)CC[C@H](O)C(C)(C)C5CC[C@]43C)C12. The summed E-state index contributed by atoms with van der Waals surface area (Å²) >= 11 is 0. The fourth-order valence-corrected chi connectivity index (χ4v) is 14.4. The van der Waals surface area contributed by atoms with Gasteiger partial charge in [0.05, 0.1) is 29.5 Å². The van der Waals surface area contributed by atoms with Crippen molar-refractivity contribution in [3.63, 3.8) is 0 Å². The molecule has 6 heteroatoms. The molecule has 2 heterocycles. The molecular formula is C43H60FN3O2. The molecular weight excluding hydrogens is 609 g/mol. The normalized spacial score (nSPS) is 44.1. The van der Waals surface area contributed by atoms with Crippen molar-refractivity contribution in [2.24, 2.45) is 56.7 Å². The van der Waals surface area contributed by atoms with Crippen LogP contribution in [0.4, 0.5) is 4.39 Å². The number of aliphatic hydroxyl groups is 1. The smallest absolute Gasteiger partial charge is 0.229 e. The first kappa shape index (κ1) is 33.7. The van der Waals surface area contributed by atoms with Crippen LogP contribution in [0.3, 0.4) is 0 Å². The molecule has 266 valence electrons. The van der Waals surface area contributed by atoms with Gasteiger partial charge in [0.15, 0.2) is 0 Å². The highest BCUT2D eigenvalue weighted by Crippen LogP contribution is 2.77. The third kappa shape index (κ3) is 4.56. The van der Waals surface area contributed by atoms with E-state index in [1.165, 1.54) is 43.4 Å². The van der Waals surface area contributed by atoms with E-state index in [-0.39, 0.29) is 45.0 Å². The van der Waals surface area contributed by atoms with Crippen molar-refractivity contribution < 1.29 is 14.3 Å². The number of hydrogen-bond donors (Lipinski definition) is 2. The number of carbonyl (C=O) groups excluding carboxylic acids is 1. The van der Waals surface area contributed by atoms with Crippen LogP contribution in [0.15, 0.2) is 42.6 Å². The van der Waals surface area contributed by atoms with E-state index in [0.29, 0.717) is 35.5 Å². The van der Waals surface area contributed by atoms with Crippen LogP contribution >= 0.6 is 0 Å². The number of aliphatic hydroxyl groups excluding tert-OH is 1. The summed E-state index contributed by atoms with van der Waals surface area (Å²) in [7, 11) is 0. The number of aromatic nitrogens is 2. The summed E-state index contributed by atoms with van der Waals surface area (Å²) in [5.41, 5.74) is 3.29. The van der Waals surface area contributed by atoms with Crippen molar-refractivity contribution in [2.45, 2.75) is 131 Å². The zero-order valence-corrected chi connectivity index (χ0v) is 31.0. The lowest BCUT2D eigenvalue weighted by molar-refractivity contribution is -0.247. The Morgan fingerprint density at radius 3 is 2.41 bits per heavy atom. The minimum Gasteiger partial charge on any atom is -0.393 e. The fourth-order valence-electron chi connectivity index (χ4n) is 14.4. The summed E-state index contributed by atoms with van der Waals surface area (Å²) in [6.07, 6.45) is 14.6. The number of amides is 1. The van der Waals surface area contributed by atoms with Gasteiger partial charge in [-0.1, -0.05) is 46.8 Å². The predicted molar refractivity (Wildman–Crippen MR) is 193 cm³/mol. The summed E-state index contributed by atoms with van der Waals surface area (Å²) in [6, 6.07) is 6.47. The van der Waals surface area contributed by atoms with E-state index in [4.69, 9.17) is 4.98 Å². The van der Waals surface area contributed by atoms with Gasteiger partial charge in [0.2, 0.25) is 5.91 Å². The lowest BCUT2D eigenvalue weighted by Gasteiger charge is -2.73. The van der Waals surface area contributed by atoms with E-state index < -0.39 is 0 Å². The van der Waals surface area contributed by atoms with Gasteiger partial charge in [-0.3, -0.25) is 4.79 Å². The number of benzene rings is 1. The molecule has 1 amide bonds. The fraction of sp³-hybridized carbons (Fsp3) is 0.721. The first-order valence-electron chi connectivity index (χ1n) is 19.6. The van der Waals surface area contributed by atoms with Crippen molar-refractivity contribution in [3.05, 3.63) is 54.3 Å². The average molecular weight is 670 g/mol. The zero-order chi connectivity index (χ0) is 34.7. The van der Waals surface area contributed by atoms with Crippen molar-refractivity contribution in [1.82, 2.24) is 14.9 Å². The second-order valence-corrected chi connectivity index (χ2v) is 19.1. The molecule has 2 N–H and O–H groups in total. The number of rotatable bonds is 4. The van der Waals surface area contributed by atoms with Gasteiger partial charge in [-0.25, -0.2) is 9.37 Å². The number of halogens is 1. The molecule has 1 saturated heterocycles. The summed E-state index contributed by atoms with van der Waals surface area (Å²) in [5, 5.41) is 11.1. The summed E-state index contributed by atoms with van der Waals surface area (Å²) in [4.78, 5) is 25.9. The lowest BCUT2D eigenvalue weighted by Crippen LogP contribution is -2.67. The minimum atomic E-state index is -0.343. The molecule has 0 radical (unpaired) electrons. The van der Waals surface area contributed by atoms with Crippen LogP contribution in [0.1, 0.15) is 130 Å². The molecule has 3 unspecified atom stereocenters. The number of fused-ring (bicyclic) bond motifs is 7. The predicted octanol–water partition coefficient (Wildman–Crippen LogP) is 9.90. The van der Waals surface area contributed by atoms with Gasteiger partial charge in [0.25, 0.3) is 0 Å². The van der Waals surface area contributed by atoms with Crippen molar-refractivity contribution in [1.29, 1.82) is 0 Å². The molecule has 0 bridgehead atoms. The standard InChI is InChI=1S/C43H60FN3O2/c1-26(2)29-16-21-43(38(49)47-24-8-9-32(47)37-45-25-31(46-37)27-10-12-28(44)13-11-27)23-22-41(6)30(36(29)43)14-15-34-40(5)19-18-35(48)39(3,4)33(40)17-20-42(34,41)7/h10-13,25,29-30,32-36,48H,1,8-9,14-24H2,2-7H3,(H,45,46)/t29-,30+,32-,33?,34?,35-,36?,40-,41+,42+,43-/m0/s1. The zero-order valence-electron chi connectivity index (χ0n) is 31.0. The molecule has 11 atom stereocenters. The number of nitrogens with one attached hydrogen (secondary N) is 1. The summed E-state index contributed by atoms with van der Waals surface area (Å²) in [6.45, 7) is 20.2. The van der Waals surface area contributed by atoms with Gasteiger partial charge in [-0.2, -0.15) is 0 Å². The molecule has 5 aliphatic carbocycles. The molecule has 2 aromatic rings. The van der Waals surface area contributed by atoms with Gasteiger partial charge in [0, 0.05) is 6.54 Å². The number of imidazole rings is 1. The molecule has 6 aliphatic rings. The second-order valence-electron chi connectivity index (χ2n) is 19.1. The minimum absolute atomic E-state index is 0.0449. The molecule has 5 nitrogen and oxygen atoms in total. The van der Waals surface area contributed by atoms with Gasteiger partial charge in [-0.05, 0) is 165 Å². The number of nitrogens with zero attached hydrogens (tertiary/aromatic N) is 2. The topological polar surface area (TPSA) is 69.2 Å². The number of hydrogen-bond acceptors (Lipinski definition) is 3. The van der Waals surface area contributed by atoms with E-state index in [9.17, 15) is 9.50 Å². The first-order chi connectivity index (χ1) is 23.2. The highest BCUT2D eigenvalue weighted by molar-refractivity contribution is 5.84. The number of H-pyrrole nitrogens is 1. The Kier molecular flexibility index (Phi) is 7.74. The third-order valence-corrected chi connectivity index (χ3v) is 17.1. The number of aromatic amines is 1. The van der Waals surface area contributed by atoms with Gasteiger partial charge < -0.3 is 15.0 Å². The Morgan fingerprint density at radius 1 is 0.918 bits per heavy atom. The van der Waals surface area contributed by atoms with Crippen LogP contribution in [0.25, 0.3) is 11.3 Å². The van der Waals surface area contributed by atoms with Crippen LogP contribution in [-0.4, -0.2) is 38.5 Å². The quantitative estimate of drug-likeness (QED) is 0.319. The van der Waals surface area contributed by atoms with Crippen LogP contribution < -0.4 is 0 Å². The monoisotopic (exact) mass is 669 g/mol. The Morgan fingerprint density at radius 2 is 1.67 bits per heavy atom. The molecule has 1 aromatic heterocycles. The average Bonchev–Trinajstić information content (AvgIpc) is 3.82. The molecule has 1 aromatic carbocycles. The van der Waals surface area contributed by atoms with Crippen LogP contribution in [0.2, 0.25) is 0 Å². The first-order valence-corrected chi connectivity index (χ1v) is 19.6. The van der Waals surface area contributed by atoms with E-state index >= 15 is 4.79 Å². The summed E-state index contributed by atoms with van der Waals surface area (Å²) in [5.74, 6) is 3.40. The van der Waals surface area contributed by atoms with E-state index in [1.54, 1.807) is 12.1 Å².